The Morgan fingerprint density at radius 2 is 1.76 bits per heavy atom. The number of amides is 2. The highest BCUT2D eigenvalue weighted by atomic mass is 16.5. The average Bonchev–Trinajstić information content (AvgIpc) is 2.97. The molecule has 0 unspecified atom stereocenters. The van der Waals surface area contributed by atoms with Crippen molar-refractivity contribution in [1.29, 1.82) is 0 Å². The molecule has 2 aromatic carbocycles. The van der Waals surface area contributed by atoms with Crippen LogP contribution in [0.25, 0.3) is 0 Å². The lowest BCUT2D eigenvalue weighted by Gasteiger charge is -2.21. The molecule has 2 amide bonds. The molecule has 2 aromatic rings. The molecule has 3 rings (SSSR count). The molecule has 0 saturated carbocycles. The van der Waals surface area contributed by atoms with E-state index in [2.05, 4.69) is 5.32 Å². The number of benzene rings is 2. The van der Waals surface area contributed by atoms with Crippen LogP contribution in [0.2, 0.25) is 0 Å². The normalized spacial score (nSPS) is 16.8. The van der Waals surface area contributed by atoms with Gasteiger partial charge in [0.05, 0.1) is 13.0 Å². The third-order valence-electron chi connectivity index (χ3n) is 4.56. The molecule has 0 bridgehead atoms. The topological polar surface area (TPSA) is 58.6 Å². The number of ether oxygens (including phenoxy) is 1. The molecule has 1 aliphatic heterocycles. The number of nitrogens with zero attached hydrogens (tertiary/aromatic N) is 1. The lowest BCUT2D eigenvalue weighted by atomic mass is 10.1. The van der Waals surface area contributed by atoms with Gasteiger partial charge in [0.15, 0.2) is 0 Å². The second-order valence-corrected chi connectivity index (χ2v) is 6.36. The molecule has 1 aliphatic rings. The second-order valence-electron chi connectivity index (χ2n) is 6.36. The monoisotopic (exact) mass is 338 g/mol. The smallest absolute Gasteiger partial charge is 0.229 e. The predicted molar refractivity (Wildman–Crippen MR) is 98.0 cm³/mol. The first kappa shape index (κ1) is 17.0. The van der Waals surface area contributed by atoms with Crippen molar-refractivity contribution < 1.29 is 14.3 Å². The first-order valence-corrected chi connectivity index (χ1v) is 8.31. The van der Waals surface area contributed by atoms with Crippen LogP contribution < -0.4 is 15.0 Å². The van der Waals surface area contributed by atoms with E-state index in [1.165, 1.54) is 0 Å². The van der Waals surface area contributed by atoms with Gasteiger partial charge in [-0.2, -0.15) is 0 Å². The lowest BCUT2D eigenvalue weighted by molar-refractivity contribution is -0.122. The first-order valence-electron chi connectivity index (χ1n) is 8.31. The van der Waals surface area contributed by atoms with E-state index >= 15 is 0 Å². The van der Waals surface area contributed by atoms with Crippen LogP contribution in [0.3, 0.4) is 0 Å². The number of carbonyl (C=O) groups excluding carboxylic acids is 2. The Morgan fingerprint density at radius 1 is 1.12 bits per heavy atom. The van der Waals surface area contributed by atoms with Crippen LogP contribution >= 0.6 is 0 Å². The maximum Gasteiger partial charge on any atom is 0.229 e. The largest absolute Gasteiger partial charge is 0.497 e. The number of anilines is 2. The summed E-state index contributed by atoms with van der Waals surface area (Å²) in [6.07, 6.45) is 0.232. The fourth-order valence-electron chi connectivity index (χ4n) is 3.25. The number of para-hydroxylation sites is 1. The Hall–Kier alpha value is -2.82. The third-order valence-corrected chi connectivity index (χ3v) is 4.56. The molecule has 0 radical (unpaired) electrons. The van der Waals surface area contributed by atoms with E-state index in [9.17, 15) is 9.59 Å². The Morgan fingerprint density at radius 3 is 2.36 bits per heavy atom. The molecule has 1 saturated heterocycles. The number of carbonyl (C=O) groups is 2. The van der Waals surface area contributed by atoms with E-state index in [0.717, 1.165) is 22.6 Å². The Balaban J connectivity index is 1.72. The van der Waals surface area contributed by atoms with Gasteiger partial charge in [-0.25, -0.2) is 0 Å². The Bertz CT molecular complexity index is 779. The van der Waals surface area contributed by atoms with Gasteiger partial charge in [0.25, 0.3) is 0 Å². The van der Waals surface area contributed by atoms with Crippen molar-refractivity contribution in [2.75, 3.05) is 23.9 Å². The summed E-state index contributed by atoms with van der Waals surface area (Å²) in [4.78, 5) is 26.7. The summed E-state index contributed by atoms with van der Waals surface area (Å²) in [7, 11) is 1.60. The molecular weight excluding hydrogens is 316 g/mol. The van der Waals surface area contributed by atoms with Crippen molar-refractivity contribution in [3.63, 3.8) is 0 Å². The zero-order valence-electron chi connectivity index (χ0n) is 14.7. The van der Waals surface area contributed by atoms with Crippen LogP contribution in [-0.2, 0) is 9.59 Å². The highest BCUT2D eigenvalue weighted by Gasteiger charge is 2.36. The zero-order chi connectivity index (χ0) is 18.0. The van der Waals surface area contributed by atoms with Crippen LogP contribution in [0, 0.1) is 19.8 Å². The summed E-state index contributed by atoms with van der Waals surface area (Å²) in [5.74, 6) is 0.239. The van der Waals surface area contributed by atoms with E-state index < -0.39 is 0 Å². The summed E-state index contributed by atoms with van der Waals surface area (Å²) >= 11 is 0. The number of nitrogens with one attached hydrogen (secondary N) is 1. The molecule has 0 aliphatic carbocycles. The molecule has 1 atom stereocenters. The van der Waals surface area contributed by atoms with Gasteiger partial charge in [-0.15, -0.1) is 0 Å². The molecule has 0 aromatic heterocycles. The van der Waals surface area contributed by atoms with E-state index in [1.807, 2.05) is 32.0 Å². The second kappa shape index (κ2) is 6.97. The fourth-order valence-corrected chi connectivity index (χ4v) is 3.25. The van der Waals surface area contributed by atoms with Gasteiger partial charge in [0.2, 0.25) is 11.8 Å². The van der Waals surface area contributed by atoms with E-state index in [0.29, 0.717) is 12.2 Å². The van der Waals surface area contributed by atoms with Gasteiger partial charge in [-0.1, -0.05) is 18.2 Å². The quantitative estimate of drug-likeness (QED) is 0.930. The minimum Gasteiger partial charge on any atom is -0.497 e. The van der Waals surface area contributed by atoms with Crippen LogP contribution in [0.4, 0.5) is 11.4 Å². The lowest BCUT2D eigenvalue weighted by Crippen LogP contribution is -2.29. The molecule has 25 heavy (non-hydrogen) atoms. The predicted octanol–water partition coefficient (Wildman–Crippen LogP) is 3.30. The van der Waals surface area contributed by atoms with Gasteiger partial charge < -0.3 is 15.0 Å². The van der Waals surface area contributed by atoms with Crippen LogP contribution in [0.5, 0.6) is 5.75 Å². The van der Waals surface area contributed by atoms with Crippen LogP contribution in [-0.4, -0.2) is 25.5 Å². The molecule has 130 valence electrons. The highest BCUT2D eigenvalue weighted by molar-refractivity contribution is 6.04. The first-order chi connectivity index (χ1) is 12.0. The number of rotatable bonds is 4. The van der Waals surface area contributed by atoms with Gasteiger partial charge in [-0.05, 0) is 49.2 Å². The molecule has 1 N–H and O–H groups in total. The van der Waals surface area contributed by atoms with Crippen molar-refractivity contribution in [2.24, 2.45) is 5.92 Å². The number of methoxy groups -OCH3 is 1. The molecule has 5 nitrogen and oxygen atoms in total. The summed E-state index contributed by atoms with van der Waals surface area (Å²) in [5, 5.41) is 2.88. The van der Waals surface area contributed by atoms with Gasteiger partial charge in [0.1, 0.15) is 5.75 Å². The van der Waals surface area contributed by atoms with E-state index in [-0.39, 0.29) is 24.2 Å². The van der Waals surface area contributed by atoms with Crippen molar-refractivity contribution in [3.05, 3.63) is 53.6 Å². The van der Waals surface area contributed by atoms with Crippen molar-refractivity contribution in [2.45, 2.75) is 20.3 Å². The Kier molecular flexibility index (Phi) is 4.74. The highest BCUT2D eigenvalue weighted by Crippen LogP contribution is 2.31. The maximum absolute atomic E-state index is 12.5. The standard InChI is InChI=1S/C20H22N2O3/c1-13-5-4-6-14(2)19(13)22-12-15(11-18(22)23)20(24)21-16-7-9-17(25-3)10-8-16/h4-10,15H,11-12H2,1-3H3,(H,21,24)/t15-/m1/s1. The van der Waals surface area contributed by atoms with Crippen LogP contribution in [0.15, 0.2) is 42.5 Å². The fraction of sp³-hybridized carbons (Fsp3) is 0.300. The van der Waals surface area contributed by atoms with E-state index in [4.69, 9.17) is 4.74 Å². The Labute approximate surface area is 147 Å². The number of hydrogen-bond acceptors (Lipinski definition) is 3. The molecule has 5 heteroatoms. The van der Waals surface area contributed by atoms with Gasteiger partial charge in [0, 0.05) is 24.3 Å². The molecule has 0 spiro atoms. The molecule has 1 heterocycles. The van der Waals surface area contributed by atoms with Crippen molar-refractivity contribution in [1.82, 2.24) is 0 Å². The third kappa shape index (κ3) is 3.50. The number of hydrogen-bond donors (Lipinski definition) is 1. The minimum absolute atomic E-state index is 0.00715. The summed E-state index contributed by atoms with van der Waals surface area (Å²) in [5.41, 5.74) is 3.71. The zero-order valence-corrected chi connectivity index (χ0v) is 14.7. The average molecular weight is 338 g/mol. The summed E-state index contributed by atoms with van der Waals surface area (Å²) < 4.78 is 5.11. The summed E-state index contributed by atoms with van der Waals surface area (Å²) in [6.45, 7) is 4.38. The SMILES string of the molecule is COc1ccc(NC(=O)[C@@H]2CC(=O)N(c3c(C)cccc3C)C2)cc1. The summed E-state index contributed by atoms with van der Waals surface area (Å²) in [6, 6.07) is 13.1. The van der Waals surface area contributed by atoms with Crippen molar-refractivity contribution >= 4 is 23.2 Å². The maximum atomic E-state index is 12.5. The molecular formula is C20H22N2O3. The van der Waals surface area contributed by atoms with Crippen molar-refractivity contribution in [3.8, 4) is 5.75 Å². The van der Waals surface area contributed by atoms with Gasteiger partial charge >= 0.3 is 0 Å². The number of aryl methyl sites for hydroxylation is 2. The molecule has 1 fully saturated rings. The van der Waals surface area contributed by atoms with Gasteiger partial charge in [-0.3, -0.25) is 9.59 Å². The van der Waals surface area contributed by atoms with Crippen LogP contribution in [0.1, 0.15) is 17.5 Å². The minimum atomic E-state index is -0.353. The van der Waals surface area contributed by atoms with E-state index in [1.54, 1.807) is 36.3 Å².